The summed E-state index contributed by atoms with van der Waals surface area (Å²) < 4.78 is 5.03. The van der Waals surface area contributed by atoms with Crippen molar-refractivity contribution >= 4 is 33.3 Å². The number of aromatic nitrogens is 2. The minimum atomic E-state index is -0.219. The molecule has 3 aromatic rings. The minimum absolute atomic E-state index is 0.219. The number of rotatable bonds is 6. The van der Waals surface area contributed by atoms with Gasteiger partial charge in [-0.15, -0.1) is 11.3 Å². The van der Waals surface area contributed by atoms with E-state index in [-0.39, 0.29) is 5.91 Å². The van der Waals surface area contributed by atoms with Crippen molar-refractivity contribution in [2.45, 2.75) is 13.3 Å². The summed E-state index contributed by atoms with van der Waals surface area (Å²) in [6, 6.07) is 5.44. The molecule has 0 radical (unpaired) electrons. The second-order valence-electron chi connectivity index (χ2n) is 4.67. The summed E-state index contributed by atoms with van der Waals surface area (Å²) in [6.07, 6.45) is 4.02. The summed E-state index contributed by atoms with van der Waals surface area (Å²) >= 11 is 1.68. The number of aryl methyl sites for hydroxylation is 1. The zero-order valence-electron chi connectivity index (χ0n) is 12.1. The molecular formula is C15H16N4O2S. The molecule has 0 unspecified atom stereocenters. The molecule has 0 aliphatic rings. The lowest BCUT2D eigenvalue weighted by atomic mass is 10.3. The lowest BCUT2D eigenvalue weighted by Crippen LogP contribution is -2.28. The van der Waals surface area contributed by atoms with Gasteiger partial charge >= 0.3 is 0 Å². The average Bonchev–Trinajstić information content (AvgIpc) is 3.20. The van der Waals surface area contributed by atoms with E-state index < -0.39 is 0 Å². The lowest BCUT2D eigenvalue weighted by Gasteiger charge is -2.07. The van der Waals surface area contributed by atoms with Crippen LogP contribution in [0.2, 0.25) is 0 Å². The first-order valence-electron chi connectivity index (χ1n) is 7.07. The van der Waals surface area contributed by atoms with Crippen LogP contribution in [0, 0.1) is 0 Å². The van der Waals surface area contributed by atoms with Crippen LogP contribution in [0.1, 0.15) is 22.4 Å². The fourth-order valence-corrected chi connectivity index (χ4v) is 3.01. The van der Waals surface area contributed by atoms with Gasteiger partial charge in [0, 0.05) is 18.0 Å². The van der Waals surface area contributed by atoms with Gasteiger partial charge in [-0.3, -0.25) is 4.79 Å². The first-order valence-corrected chi connectivity index (χ1v) is 7.88. The maximum atomic E-state index is 11.7. The summed E-state index contributed by atoms with van der Waals surface area (Å²) in [5, 5.41) is 7.05. The highest BCUT2D eigenvalue weighted by Crippen LogP contribution is 2.28. The van der Waals surface area contributed by atoms with Crippen molar-refractivity contribution in [3.8, 4) is 0 Å². The Hall–Kier alpha value is -2.41. The van der Waals surface area contributed by atoms with E-state index in [2.05, 4.69) is 33.6 Å². The molecule has 114 valence electrons. The quantitative estimate of drug-likeness (QED) is 0.683. The van der Waals surface area contributed by atoms with Crippen LogP contribution < -0.4 is 10.6 Å². The Morgan fingerprint density at radius 1 is 1.36 bits per heavy atom. The van der Waals surface area contributed by atoms with Crippen LogP contribution in [-0.4, -0.2) is 29.0 Å². The van der Waals surface area contributed by atoms with Gasteiger partial charge in [0.15, 0.2) is 5.76 Å². The molecule has 1 amide bonds. The first kappa shape index (κ1) is 14.5. The van der Waals surface area contributed by atoms with Gasteiger partial charge in [0.05, 0.1) is 11.6 Å². The molecule has 6 nitrogen and oxygen atoms in total. The molecule has 0 aliphatic carbocycles. The van der Waals surface area contributed by atoms with Gasteiger partial charge in [-0.05, 0) is 24.6 Å². The molecular weight excluding hydrogens is 300 g/mol. The van der Waals surface area contributed by atoms with Crippen molar-refractivity contribution in [3.05, 3.63) is 41.4 Å². The third-order valence-electron chi connectivity index (χ3n) is 3.18. The number of carbonyl (C=O) groups is 1. The number of furan rings is 1. The summed E-state index contributed by atoms with van der Waals surface area (Å²) in [7, 11) is 0. The molecule has 7 heteroatoms. The molecule has 0 aliphatic heterocycles. The highest BCUT2D eigenvalue weighted by Gasteiger charge is 2.09. The maximum Gasteiger partial charge on any atom is 0.287 e. The third kappa shape index (κ3) is 3.09. The van der Waals surface area contributed by atoms with Crippen molar-refractivity contribution in [2.75, 3.05) is 18.4 Å². The molecule has 0 atom stereocenters. The number of carbonyl (C=O) groups excluding carboxylic acids is 1. The van der Waals surface area contributed by atoms with E-state index in [1.165, 1.54) is 11.1 Å². The molecule has 3 aromatic heterocycles. The van der Waals surface area contributed by atoms with E-state index >= 15 is 0 Å². The number of hydrogen-bond donors (Lipinski definition) is 2. The Labute approximate surface area is 131 Å². The van der Waals surface area contributed by atoms with Gasteiger partial charge in [0.2, 0.25) is 0 Å². The summed E-state index contributed by atoms with van der Waals surface area (Å²) in [5.74, 6) is 0.895. The van der Waals surface area contributed by atoms with Crippen LogP contribution in [-0.2, 0) is 6.42 Å². The SMILES string of the molecule is CCc1cc2c(NCCNC(=O)c3ccco3)ncnc2s1. The normalized spacial score (nSPS) is 10.8. The van der Waals surface area contributed by atoms with E-state index in [4.69, 9.17) is 4.42 Å². The van der Waals surface area contributed by atoms with Gasteiger partial charge in [0.1, 0.15) is 17.0 Å². The molecule has 0 saturated carbocycles. The molecule has 0 fully saturated rings. The zero-order valence-corrected chi connectivity index (χ0v) is 12.9. The number of nitrogens with zero attached hydrogens (tertiary/aromatic N) is 2. The second kappa shape index (κ2) is 6.57. The Bertz CT molecular complexity index is 767. The van der Waals surface area contributed by atoms with Crippen molar-refractivity contribution in [2.24, 2.45) is 0 Å². The Kier molecular flexibility index (Phi) is 4.34. The predicted molar refractivity (Wildman–Crippen MR) is 86.3 cm³/mol. The number of hydrogen-bond acceptors (Lipinski definition) is 6. The highest BCUT2D eigenvalue weighted by molar-refractivity contribution is 7.18. The van der Waals surface area contributed by atoms with Crippen molar-refractivity contribution < 1.29 is 9.21 Å². The van der Waals surface area contributed by atoms with Crippen molar-refractivity contribution in [1.29, 1.82) is 0 Å². The highest BCUT2D eigenvalue weighted by atomic mass is 32.1. The van der Waals surface area contributed by atoms with E-state index in [9.17, 15) is 4.79 Å². The van der Waals surface area contributed by atoms with Gasteiger partial charge in [0.25, 0.3) is 5.91 Å². The van der Waals surface area contributed by atoms with Gasteiger partial charge in [-0.1, -0.05) is 6.92 Å². The van der Waals surface area contributed by atoms with E-state index in [1.807, 2.05) is 0 Å². The van der Waals surface area contributed by atoms with Crippen LogP contribution in [0.3, 0.4) is 0 Å². The molecule has 0 aromatic carbocycles. The Morgan fingerprint density at radius 3 is 3.05 bits per heavy atom. The fourth-order valence-electron chi connectivity index (χ4n) is 2.07. The van der Waals surface area contributed by atoms with Crippen LogP contribution in [0.15, 0.2) is 35.2 Å². The molecule has 0 bridgehead atoms. The second-order valence-corrected chi connectivity index (χ2v) is 5.78. The molecule has 3 heterocycles. The summed E-state index contributed by atoms with van der Waals surface area (Å²) in [5.41, 5.74) is 0. The summed E-state index contributed by atoms with van der Waals surface area (Å²) in [6.45, 7) is 3.18. The summed E-state index contributed by atoms with van der Waals surface area (Å²) in [4.78, 5) is 22.5. The number of nitrogens with one attached hydrogen (secondary N) is 2. The first-order chi connectivity index (χ1) is 10.8. The maximum absolute atomic E-state index is 11.7. The lowest BCUT2D eigenvalue weighted by molar-refractivity contribution is 0.0927. The smallest absolute Gasteiger partial charge is 0.287 e. The molecule has 0 spiro atoms. The third-order valence-corrected chi connectivity index (χ3v) is 4.36. The average molecular weight is 316 g/mol. The zero-order chi connectivity index (χ0) is 15.4. The number of anilines is 1. The van der Waals surface area contributed by atoms with Gasteiger partial charge in [-0.25, -0.2) is 9.97 Å². The standard InChI is InChI=1S/C15H16N4O2S/c1-2-10-8-11-13(18-9-19-15(11)22-10)16-5-6-17-14(20)12-4-3-7-21-12/h3-4,7-9H,2,5-6H2,1H3,(H,17,20)(H,16,18,19). The minimum Gasteiger partial charge on any atom is -0.459 e. The van der Waals surface area contributed by atoms with Crippen molar-refractivity contribution in [1.82, 2.24) is 15.3 Å². The monoisotopic (exact) mass is 316 g/mol. The van der Waals surface area contributed by atoms with E-state index in [0.717, 1.165) is 22.5 Å². The predicted octanol–water partition coefficient (Wildman–Crippen LogP) is 2.69. The molecule has 0 saturated heterocycles. The van der Waals surface area contributed by atoms with Crippen LogP contribution in [0.4, 0.5) is 5.82 Å². The largest absolute Gasteiger partial charge is 0.459 e. The number of amides is 1. The molecule has 22 heavy (non-hydrogen) atoms. The molecule has 3 rings (SSSR count). The van der Waals surface area contributed by atoms with Crippen molar-refractivity contribution in [3.63, 3.8) is 0 Å². The topological polar surface area (TPSA) is 80.0 Å². The Morgan fingerprint density at radius 2 is 2.27 bits per heavy atom. The van der Waals surface area contributed by atoms with Crippen LogP contribution in [0.25, 0.3) is 10.2 Å². The van der Waals surface area contributed by atoms with Crippen LogP contribution in [0.5, 0.6) is 0 Å². The number of thiophene rings is 1. The van der Waals surface area contributed by atoms with E-state index in [0.29, 0.717) is 18.8 Å². The van der Waals surface area contributed by atoms with Gasteiger partial charge < -0.3 is 15.1 Å². The Balaban J connectivity index is 1.57. The van der Waals surface area contributed by atoms with Gasteiger partial charge in [-0.2, -0.15) is 0 Å². The van der Waals surface area contributed by atoms with Crippen LogP contribution >= 0.6 is 11.3 Å². The molecule has 2 N–H and O–H groups in total. The number of fused-ring (bicyclic) bond motifs is 1. The fraction of sp³-hybridized carbons (Fsp3) is 0.267. The van der Waals surface area contributed by atoms with E-state index in [1.54, 1.807) is 29.8 Å².